The summed E-state index contributed by atoms with van der Waals surface area (Å²) in [6.45, 7) is 5.79. The fourth-order valence-corrected chi connectivity index (χ4v) is 2.88. The van der Waals surface area contributed by atoms with Crippen LogP contribution >= 0.6 is 11.6 Å². The number of hydrogen-bond acceptors (Lipinski definition) is 5. The Balaban J connectivity index is 1.94. The molecule has 28 heavy (non-hydrogen) atoms. The van der Waals surface area contributed by atoms with Gasteiger partial charge in [0.2, 0.25) is 0 Å². The molecule has 2 aromatic carbocycles. The normalized spacial score (nSPS) is 12.5. The highest BCUT2D eigenvalue weighted by molar-refractivity contribution is 6.31. The summed E-state index contributed by atoms with van der Waals surface area (Å²) in [5.41, 5.74) is 1.25. The number of benzene rings is 2. The molecule has 0 saturated heterocycles. The van der Waals surface area contributed by atoms with E-state index in [2.05, 4.69) is 20.7 Å². The molecule has 1 unspecified atom stereocenters. The summed E-state index contributed by atoms with van der Waals surface area (Å²) in [7, 11) is 1.60. The lowest BCUT2D eigenvalue weighted by atomic mass is 9.98. The largest absolute Gasteiger partial charge is 0.497 e. The highest BCUT2D eigenvalue weighted by Gasteiger charge is 2.24. The van der Waals surface area contributed by atoms with Crippen molar-refractivity contribution >= 4 is 17.5 Å². The molecule has 0 bridgehead atoms. The zero-order valence-corrected chi connectivity index (χ0v) is 16.9. The Labute approximate surface area is 168 Å². The molecule has 1 N–H and O–H groups in total. The van der Waals surface area contributed by atoms with Crippen molar-refractivity contribution in [2.24, 2.45) is 0 Å². The summed E-state index contributed by atoms with van der Waals surface area (Å²) in [5.74, 6) is 0.291. The van der Waals surface area contributed by atoms with Crippen molar-refractivity contribution in [1.29, 1.82) is 0 Å². The topological polar surface area (TPSA) is 81.9 Å². The third kappa shape index (κ3) is 4.31. The summed E-state index contributed by atoms with van der Waals surface area (Å²) in [4.78, 5) is 14.2. The first-order chi connectivity index (χ1) is 13.3. The molecular weight excluding hydrogens is 378 g/mol. The van der Waals surface area contributed by atoms with Crippen LogP contribution in [0, 0.1) is 0 Å². The Morgan fingerprint density at radius 2 is 1.82 bits per heavy atom. The number of nitrogens with one attached hydrogen (secondary N) is 1. The van der Waals surface area contributed by atoms with E-state index in [4.69, 9.17) is 16.3 Å². The van der Waals surface area contributed by atoms with E-state index in [1.807, 2.05) is 63.2 Å². The average Bonchev–Trinajstić information content (AvgIpc) is 3.18. The highest BCUT2D eigenvalue weighted by Crippen LogP contribution is 2.29. The van der Waals surface area contributed by atoms with Crippen molar-refractivity contribution in [3.8, 4) is 5.75 Å². The van der Waals surface area contributed by atoms with Gasteiger partial charge in [0.15, 0.2) is 0 Å². The van der Waals surface area contributed by atoms with Crippen LogP contribution in [-0.4, -0.2) is 33.2 Å². The van der Waals surface area contributed by atoms with Crippen molar-refractivity contribution in [3.05, 3.63) is 70.5 Å². The number of tetrazole rings is 1. The Kier molecular flexibility index (Phi) is 5.65. The average molecular weight is 400 g/mol. The van der Waals surface area contributed by atoms with Crippen LogP contribution in [0.15, 0.2) is 48.5 Å². The first-order valence-corrected chi connectivity index (χ1v) is 9.17. The number of halogens is 1. The smallest absolute Gasteiger partial charge is 0.293 e. The van der Waals surface area contributed by atoms with Crippen molar-refractivity contribution in [1.82, 2.24) is 25.5 Å². The minimum absolute atomic E-state index is 0.000454. The van der Waals surface area contributed by atoms with Gasteiger partial charge in [-0.15, -0.1) is 10.2 Å². The van der Waals surface area contributed by atoms with Crippen LogP contribution in [0.4, 0.5) is 0 Å². The number of amides is 1. The molecule has 8 heteroatoms. The van der Waals surface area contributed by atoms with Crippen LogP contribution in [0.3, 0.4) is 0 Å². The molecule has 0 aliphatic heterocycles. The first-order valence-electron chi connectivity index (χ1n) is 8.79. The van der Waals surface area contributed by atoms with Crippen molar-refractivity contribution < 1.29 is 9.53 Å². The van der Waals surface area contributed by atoms with Gasteiger partial charge in [0.25, 0.3) is 11.7 Å². The summed E-state index contributed by atoms with van der Waals surface area (Å²) < 4.78 is 5.22. The Morgan fingerprint density at radius 3 is 2.39 bits per heavy atom. The molecule has 0 spiro atoms. The number of ether oxygens (including phenoxy) is 1. The van der Waals surface area contributed by atoms with Crippen molar-refractivity contribution in [2.75, 3.05) is 7.11 Å². The van der Waals surface area contributed by atoms with Gasteiger partial charge in [-0.1, -0.05) is 41.9 Å². The predicted octanol–water partition coefficient (Wildman–Crippen LogP) is 3.61. The summed E-state index contributed by atoms with van der Waals surface area (Å²) in [6, 6.07) is 14.3. The van der Waals surface area contributed by atoms with E-state index in [0.29, 0.717) is 5.02 Å². The third-order valence-electron chi connectivity index (χ3n) is 4.16. The Morgan fingerprint density at radius 1 is 1.14 bits per heavy atom. The molecule has 1 amide bonds. The van der Waals surface area contributed by atoms with E-state index in [1.54, 1.807) is 13.2 Å². The van der Waals surface area contributed by atoms with Gasteiger partial charge in [0.1, 0.15) is 5.75 Å². The van der Waals surface area contributed by atoms with Gasteiger partial charge in [-0.25, -0.2) is 0 Å². The van der Waals surface area contributed by atoms with Crippen LogP contribution in [-0.2, 0) is 5.54 Å². The predicted molar refractivity (Wildman–Crippen MR) is 107 cm³/mol. The lowest BCUT2D eigenvalue weighted by Crippen LogP contribution is -2.31. The molecule has 3 aromatic rings. The molecule has 0 saturated carbocycles. The van der Waals surface area contributed by atoms with E-state index in [-0.39, 0.29) is 11.4 Å². The number of methoxy groups -OCH3 is 1. The first kappa shape index (κ1) is 19.8. The number of aromatic nitrogens is 4. The Bertz CT molecular complexity index is 963. The van der Waals surface area contributed by atoms with E-state index >= 15 is 0 Å². The molecule has 1 heterocycles. The lowest BCUT2D eigenvalue weighted by molar-refractivity contribution is 0.0931. The van der Waals surface area contributed by atoms with Gasteiger partial charge in [0, 0.05) is 5.02 Å². The van der Waals surface area contributed by atoms with Gasteiger partial charge >= 0.3 is 0 Å². The fraction of sp³-hybridized carbons (Fsp3) is 0.300. The van der Waals surface area contributed by atoms with Gasteiger partial charge < -0.3 is 10.1 Å². The zero-order chi connectivity index (χ0) is 20.3. The molecule has 0 radical (unpaired) electrons. The second kappa shape index (κ2) is 7.98. The van der Waals surface area contributed by atoms with Crippen LogP contribution in [0.5, 0.6) is 5.75 Å². The van der Waals surface area contributed by atoms with Crippen molar-refractivity contribution in [3.63, 3.8) is 0 Å². The second-order valence-electron chi connectivity index (χ2n) is 7.27. The molecule has 7 nitrogen and oxygen atoms in total. The van der Waals surface area contributed by atoms with Crippen LogP contribution in [0.1, 0.15) is 48.6 Å². The third-order valence-corrected chi connectivity index (χ3v) is 4.50. The van der Waals surface area contributed by atoms with Gasteiger partial charge in [-0.3, -0.25) is 4.79 Å². The monoisotopic (exact) mass is 399 g/mol. The minimum Gasteiger partial charge on any atom is -0.497 e. The molecular formula is C20H22ClN5O2. The minimum atomic E-state index is -0.478. The van der Waals surface area contributed by atoms with Gasteiger partial charge in [-0.05, 0) is 55.3 Å². The van der Waals surface area contributed by atoms with Crippen molar-refractivity contribution in [2.45, 2.75) is 32.4 Å². The summed E-state index contributed by atoms with van der Waals surface area (Å²) in [6.07, 6.45) is 0. The molecule has 1 aromatic heterocycles. The van der Waals surface area contributed by atoms with E-state index in [0.717, 1.165) is 16.9 Å². The Hall–Kier alpha value is -2.93. The summed E-state index contributed by atoms with van der Waals surface area (Å²) in [5, 5.41) is 15.6. The maximum atomic E-state index is 12.8. The van der Waals surface area contributed by atoms with E-state index in [1.165, 1.54) is 4.80 Å². The number of rotatable bonds is 5. The number of carbonyl (C=O) groups excluding carboxylic acids is 1. The van der Waals surface area contributed by atoms with E-state index < -0.39 is 11.9 Å². The maximum Gasteiger partial charge on any atom is 0.293 e. The fourth-order valence-electron chi connectivity index (χ4n) is 2.63. The molecule has 1 atom stereocenters. The highest BCUT2D eigenvalue weighted by atomic mass is 35.5. The zero-order valence-electron chi connectivity index (χ0n) is 16.2. The molecule has 3 rings (SSSR count). The van der Waals surface area contributed by atoms with Crippen LogP contribution < -0.4 is 10.1 Å². The van der Waals surface area contributed by atoms with Gasteiger partial charge in [0.05, 0.1) is 18.7 Å². The molecule has 0 fully saturated rings. The van der Waals surface area contributed by atoms with E-state index in [9.17, 15) is 4.79 Å². The number of hydrogen-bond donors (Lipinski definition) is 1. The molecule has 146 valence electrons. The van der Waals surface area contributed by atoms with Crippen LogP contribution in [0.2, 0.25) is 5.02 Å². The quantitative estimate of drug-likeness (QED) is 0.708. The van der Waals surface area contributed by atoms with Crippen LogP contribution in [0.25, 0.3) is 0 Å². The number of nitrogens with zero attached hydrogens (tertiary/aromatic N) is 4. The second-order valence-corrected chi connectivity index (χ2v) is 7.68. The number of carbonyl (C=O) groups is 1. The lowest BCUT2D eigenvalue weighted by Gasteiger charge is -2.20. The standard InChI is InChI=1S/C20H22ClN5O2/c1-20(2,3)26-24-18(23-25-26)19(27)22-17(15-7-5-6-8-16(15)21)13-9-11-14(28-4)12-10-13/h5-12,17H,1-4H3,(H,22,27). The molecule has 0 aliphatic carbocycles. The SMILES string of the molecule is COc1ccc(C(NC(=O)c2nnn(C(C)(C)C)n2)c2ccccc2Cl)cc1. The van der Waals surface area contributed by atoms with Gasteiger partial charge in [-0.2, -0.15) is 4.80 Å². The molecule has 0 aliphatic rings. The summed E-state index contributed by atoms with van der Waals surface area (Å²) >= 11 is 6.40. The maximum absolute atomic E-state index is 12.8.